The van der Waals surface area contributed by atoms with Gasteiger partial charge in [-0.15, -0.1) is 0 Å². The second-order valence-corrected chi connectivity index (χ2v) is 5.13. The zero-order valence-electron chi connectivity index (χ0n) is 11.4. The van der Waals surface area contributed by atoms with Crippen molar-refractivity contribution in [2.75, 3.05) is 25.9 Å². The molecule has 4 nitrogen and oxygen atoms in total. The number of nitrogen functional groups attached to an aromatic ring is 1. The number of ether oxygens (including phenoxy) is 1. The van der Waals surface area contributed by atoms with Crippen LogP contribution < -0.4 is 10.5 Å². The van der Waals surface area contributed by atoms with Crippen LogP contribution in [0.2, 0.25) is 0 Å². The molecule has 2 N–H and O–H groups in total. The van der Waals surface area contributed by atoms with Crippen molar-refractivity contribution in [1.82, 2.24) is 4.90 Å². The quantitative estimate of drug-likeness (QED) is 0.843. The van der Waals surface area contributed by atoms with Crippen molar-refractivity contribution in [3.63, 3.8) is 0 Å². The zero-order valence-corrected chi connectivity index (χ0v) is 11.4. The molecule has 1 fully saturated rings. The fourth-order valence-electron chi connectivity index (χ4n) is 2.57. The van der Waals surface area contributed by atoms with Gasteiger partial charge in [0.1, 0.15) is 11.8 Å². The van der Waals surface area contributed by atoms with Gasteiger partial charge in [-0.2, -0.15) is 5.26 Å². The minimum atomic E-state index is 0.511. The van der Waals surface area contributed by atoms with E-state index in [1.807, 2.05) is 0 Å². The van der Waals surface area contributed by atoms with E-state index in [0.29, 0.717) is 29.6 Å². The molecule has 0 bridgehead atoms. The molecule has 0 amide bonds. The van der Waals surface area contributed by atoms with E-state index in [1.54, 1.807) is 18.2 Å². The maximum Gasteiger partial charge on any atom is 0.137 e. The van der Waals surface area contributed by atoms with E-state index in [0.717, 1.165) is 6.42 Å². The van der Waals surface area contributed by atoms with Gasteiger partial charge in [0, 0.05) is 11.7 Å². The van der Waals surface area contributed by atoms with Crippen molar-refractivity contribution in [2.45, 2.75) is 31.7 Å². The number of nitriles is 1. The van der Waals surface area contributed by atoms with Gasteiger partial charge in [0.15, 0.2) is 0 Å². The molecule has 0 radical (unpaired) electrons. The SMILES string of the molecule is CN1CCCCC1CCOc1ccc(N)cc1C#N. The maximum absolute atomic E-state index is 9.04. The Bertz CT molecular complexity index is 467. The summed E-state index contributed by atoms with van der Waals surface area (Å²) in [5.74, 6) is 0.634. The second-order valence-electron chi connectivity index (χ2n) is 5.13. The molecule has 1 saturated heterocycles. The van der Waals surface area contributed by atoms with Crippen LogP contribution in [0, 0.1) is 11.3 Å². The zero-order chi connectivity index (χ0) is 13.7. The predicted molar refractivity (Wildman–Crippen MR) is 76.0 cm³/mol. The van der Waals surface area contributed by atoms with Crippen LogP contribution in [0.5, 0.6) is 5.75 Å². The van der Waals surface area contributed by atoms with Crippen molar-refractivity contribution in [3.05, 3.63) is 23.8 Å². The molecular weight excluding hydrogens is 238 g/mol. The Balaban J connectivity index is 1.87. The Labute approximate surface area is 114 Å². The van der Waals surface area contributed by atoms with E-state index < -0.39 is 0 Å². The van der Waals surface area contributed by atoms with E-state index in [4.69, 9.17) is 15.7 Å². The highest BCUT2D eigenvalue weighted by molar-refractivity contribution is 5.53. The molecule has 1 aliphatic rings. The van der Waals surface area contributed by atoms with E-state index in [1.165, 1.54) is 25.8 Å². The molecule has 1 aliphatic heterocycles. The lowest BCUT2D eigenvalue weighted by Crippen LogP contribution is -2.37. The molecule has 0 spiro atoms. The van der Waals surface area contributed by atoms with Crippen LogP contribution in [-0.4, -0.2) is 31.1 Å². The normalized spacial score (nSPS) is 19.9. The van der Waals surface area contributed by atoms with E-state index in [-0.39, 0.29) is 0 Å². The van der Waals surface area contributed by atoms with E-state index >= 15 is 0 Å². The topological polar surface area (TPSA) is 62.3 Å². The Morgan fingerprint density at radius 2 is 2.32 bits per heavy atom. The first kappa shape index (κ1) is 13.7. The van der Waals surface area contributed by atoms with Crippen LogP contribution in [-0.2, 0) is 0 Å². The van der Waals surface area contributed by atoms with Gasteiger partial charge < -0.3 is 15.4 Å². The number of nitrogens with two attached hydrogens (primary N) is 1. The molecule has 1 unspecified atom stereocenters. The van der Waals surface area contributed by atoms with Crippen molar-refractivity contribution in [2.24, 2.45) is 0 Å². The number of rotatable bonds is 4. The largest absolute Gasteiger partial charge is 0.492 e. The van der Waals surface area contributed by atoms with Crippen LogP contribution in [0.4, 0.5) is 5.69 Å². The van der Waals surface area contributed by atoms with Gasteiger partial charge in [0.2, 0.25) is 0 Å². The number of likely N-dealkylation sites (tertiary alicyclic amines) is 1. The van der Waals surface area contributed by atoms with Crippen molar-refractivity contribution in [1.29, 1.82) is 5.26 Å². The van der Waals surface area contributed by atoms with Crippen LogP contribution in [0.15, 0.2) is 18.2 Å². The summed E-state index contributed by atoms with van der Waals surface area (Å²) in [4.78, 5) is 2.40. The highest BCUT2D eigenvalue weighted by Gasteiger charge is 2.18. The third kappa shape index (κ3) is 3.62. The summed E-state index contributed by atoms with van der Waals surface area (Å²) in [5.41, 5.74) is 6.76. The first-order chi connectivity index (χ1) is 9.20. The summed E-state index contributed by atoms with van der Waals surface area (Å²) >= 11 is 0. The number of hydrogen-bond donors (Lipinski definition) is 1. The Morgan fingerprint density at radius 1 is 1.47 bits per heavy atom. The van der Waals surface area contributed by atoms with Crippen molar-refractivity contribution in [3.8, 4) is 11.8 Å². The molecule has 2 rings (SSSR count). The average Bonchev–Trinajstić information content (AvgIpc) is 2.42. The van der Waals surface area contributed by atoms with E-state index in [2.05, 4.69) is 18.0 Å². The number of hydrogen-bond acceptors (Lipinski definition) is 4. The molecule has 0 aliphatic carbocycles. The van der Waals surface area contributed by atoms with Gasteiger partial charge in [0.25, 0.3) is 0 Å². The van der Waals surface area contributed by atoms with Crippen molar-refractivity contribution >= 4 is 5.69 Å². The fraction of sp³-hybridized carbons (Fsp3) is 0.533. The molecule has 19 heavy (non-hydrogen) atoms. The summed E-state index contributed by atoms with van der Waals surface area (Å²) in [6, 6.07) is 7.92. The first-order valence-corrected chi connectivity index (χ1v) is 6.83. The van der Waals surface area contributed by atoms with Crippen LogP contribution in [0.25, 0.3) is 0 Å². The molecule has 102 valence electrons. The standard InChI is InChI=1S/C15H21N3O/c1-18-8-3-2-4-14(18)7-9-19-15-6-5-13(17)10-12(15)11-16/h5-6,10,14H,2-4,7-9,17H2,1H3. The minimum Gasteiger partial charge on any atom is -0.492 e. The summed E-state index contributed by atoms with van der Waals surface area (Å²) in [7, 11) is 2.17. The minimum absolute atomic E-state index is 0.511. The molecule has 1 heterocycles. The molecule has 1 aromatic rings. The molecule has 1 aromatic carbocycles. The Morgan fingerprint density at radius 3 is 3.05 bits per heavy atom. The summed E-state index contributed by atoms with van der Waals surface area (Å²) in [5, 5.41) is 9.04. The lowest BCUT2D eigenvalue weighted by atomic mass is 10.0. The highest BCUT2D eigenvalue weighted by atomic mass is 16.5. The lowest BCUT2D eigenvalue weighted by Gasteiger charge is -2.32. The van der Waals surface area contributed by atoms with Gasteiger partial charge in [-0.05, 0) is 51.1 Å². The lowest BCUT2D eigenvalue weighted by molar-refractivity contribution is 0.153. The van der Waals surface area contributed by atoms with Crippen LogP contribution in [0.1, 0.15) is 31.2 Å². The molecule has 1 atom stereocenters. The summed E-state index contributed by atoms with van der Waals surface area (Å²) in [6.45, 7) is 1.82. The third-order valence-electron chi connectivity index (χ3n) is 3.75. The van der Waals surface area contributed by atoms with Gasteiger partial charge >= 0.3 is 0 Å². The van der Waals surface area contributed by atoms with E-state index in [9.17, 15) is 0 Å². The molecule has 0 aromatic heterocycles. The van der Waals surface area contributed by atoms with Crippen molar-refractivity contribution < 1.29 is 4.74 Å². The average molecular weight is 259 g/mol. The van der Waals surface area contributed by atoms with Gasteiger partial charge in [-0.1, -0.05) is 6.42 Å². The smallest absolute Gasteiger partial charge is 0.137 e. The number of anilines is 1. The fourth-order valence-corrected chi connectivity index (χ4v) is 2.57. The number of nitrogens with zero attached hydrogens (tertiary/aromatic N) is 2. The number of piperidine rings is 1. The molecular formula is C15H21N3O. The maximum atomic E-state index is 9.04. The van der Waals surface area contributed by atoms with Gasteiger partial charge in [0.05, 0.1) is 12.2 Å². The number of benzene rings is 1. The Kier molecular flexibility index (Phi) is 4.64. The monoisotopic (exact) mass is 259 g/mol. The Hall–Kier alpha value is -1.73. The predicted octanol–water partition coefficient (Wildman–Crippen LogP) is 2.39. The first-order valence-electron chi connectivity index (χ1n) is 6.83. The second kappa shape index (κ2) is 6.44. The summed E-state index contributed by atoms with van der Waals surface area (Å²) < 4.78 is 5.73. The van der Waals surface area contributed by atoms with Crippen LogP contribution >= 0.6 is 0 Å². The van der Waals surface area contributed by atoms with Gasteiger partial charge in [-0.25, -0.2) is 0 Å². The van der Waals surface area contributed by atoms with Gasteiger partial charge in [-0.3, -0.25) is 0 Å². The molecule has 0 saturated carbocycles. The van der Waals surface area contributed by atoms with Crippen LogP contribution in [0.3, 0.4) is 0 Å². The molecule has 4 heteroatoms. The highest BCUT2D eigenvalue weighted by Crippen LogP contribution is 2.22. The third-order valence-corrected chi connectivity index (χ3v) is 3.75. The summed E-state index contributed by atoms with van der Waals surface area (Å²) in [6.07, 6.45) is 4.85.